The molecule has 2 unspecified atom stereocenters. The van der Waals surface area contributed by atoms with Crippen molar-refractivity contribution in [2.75, 3.05) is 26.9 Å². The van der Waals surface area contributed by atoms with Gasteiger partial charge in [0.15, 0.2) is 0 Å². The van der Waals surface area contributed by atoms with E-state index in [2.05, 4.69) is 4.98 Å². The van der Waals surface area contributed by atoms with Gasteiger partial charge in [0.05, 0.1) is 42.8 Å². The summed E-state index contributed by atoms with van der Waals surface area (Å²) in [6, 6.07) is 6.25. The maximum absolute atomic E-state index is 12.9. The molecule has 1 fully saturated rings. The van der Waals surface area contributed by atoms with Crippen molar-refractivity contribution >= 4 is 29.1 Å². The minimum absolute atomic E-state index is 0.122. The van der Waals surface area contributed by atoms with Gasteiger partial charge in [-0.15, -0.1) is 0 Å². The topological polar surface area (TPSA) is 71.9 Å². The predicted molar refractivity (Wildman–Crippen MR) is 102 cm³/mol. The molecule has 0 aliphatic carbocycles. The predicted octanol–water partition coefficient (Wildman–Crippen LogP) is 2.90. The van der Waals surface area contributed by atoms with Crippen molar-refractivity contribution in [2.24, 2.45) is 0 Å². The summed E-state index contributed by atoms with van der Waals surface area (Å²) in [5.74, 6) is 0.392. The molecule has 144 valence electrons. The molecule has 1 N–H and O–H groups in total. The third kappa shape index (κ3) is 4.52. The number of aliphatic hydroxyl groups excluding tert-OH is 1. The van der Waals surface area contributed by atoms with Crippen molar-refractivity contribution in [3.05, 3.63) is 57.8 Å². The Labute approximate surface area is 167 Å². The Morgan fingerprint density at radius 1 is 1.41 bits per heavy atom. The van der Waals surface area contributed by atoms with E-state index in [1.807, 2.05) is 0 Å². The van der Waals surface area contributed by atoms with Crippen LogP contribution in [0.3, 0.4) is 0 Å². The van der Waals surface area contributed by atoms with E-state index in [4.69, 9.17) is 32.7 Å². The molecule has 1 aliphatic heterocycles. The number of rotatable bonds is 5. The van der Waals surface area contributed by atoms with Gasteiger partial charge in [0.2, 0.25) is 5.91 Å². The van der Waals surface area contributed by atoms with E-state index in [1.54, 1.807) is 41.6 Å². The number of methoxy groups -OCH3 is 1. The summed E-state index contributed by atoms with van der Waals surface area (Å²) in [7, 11) is 1.52. The van der Waals surface area contributed by atoms with Gasteiger partial charge in [-0.2, -0.15) is 0 Å². The first-order valence-corrected chi connectivity index (χ1v) is 9.24. The van der Waals surface area contributed by atoms with Crippen LogP contribution in [0.5, 0.6) is 5.75 Å². The molecular formula is C19H20Cl2N2O4. The summed E-state index contributed by atoms with van der Waals surface area (Å²) < 4.78 is 10.8. The lowest BCUT2D eigenvalue weighted by molar-refractivity contribution is -0.144. The number of pyridine rings is 1. The van der Waals surface area contributed by atoms with Crippen molar-refractivity contribution in [3.63, 3.8) is 0 Å². The van der Waals surface area contributed by atoms with Crippen LogP contribution in [0.15, 0.2) is 36.7 Å². The fourth-order valence-corrected chi connectivity index (χ4v) is 3.45. The summed E-state index contributed by atoms with van der Waals surface area (Å²) in [5.41, 5.74) is 1.27. The molecule has 1 amide bonds. The van der Waals surface area contributed by atoms with E-state index in [0.717, 1.165) is 5.56 Å². The molecular weight excluding hydrogens is 391 g/mol. The highest BCUT2D eigenvalue weighted by molar-refractivity contribution is 6.42. The second-order valence-corrected chi connectivity index (χ2v) is 7.03. The van der Waals surface area contributed by atoms with Crippen molar-refractivity contribution < 1.29 is 19.4 Å². The number of morpholine rings is 1. The monoisotopic (exact) mass is 410 g/mol. The van der Waals surface area contributed by atoms with Crippen LogP contribution in [-0.2, 0) is 16.0 Å². The minimum atomic E-state index is -0.980. The summed E-state index contributed by atoms with van der Waals surface area (Å²) in [6.07, 6.45) is 2.30. The van der Waals surface area contributed by atoms with Gasteiger partial charge < -0.3 is 19.5 Å². The van der Waals surface area contributed by atoms with Crippen LogP contribution in [0.25, 0.3) is 0 Å². The van der Waals surface area contributed by atoms with Crippen molar-refractivity contribution in [3.8, 4) is 5.75 Å². The Bertz CT molecular complexity index is 818. The molecule has 8 heteroatoms. The summed E-state index contributed by atoms with van der Waals surface area (Å²) in [4.78, 5) is 18.6. The molecule has 6 nitrogen and oxygen atoms in total. The fourth-order valence-electron chi connectivity index (χ4n) is 3.13. The van der Waals surface area contributed by atoms with Gasteiger partial charge in [-0.1, -0.05) is 29.3 Å². The van der Waals surface area contributed by atoms with Crippen LogP contribution in [0.1, 0.15) is 17.2 Å². The highest BCUT2D eigenvalue weighted by atomic mass is 35.5. The molecule has 1 aliphatic rings. The summed E-state index contributed by atoms with van der Waals surface area (Å²) in [5, 5.41) is 11.7. The van der Waals surface area contributed by atoms with Gasteiger partial charge in [0.1, 0.15) is 11.9 Å². The van der Waals surface area contributed by atoms with Crippen molar-refractivity contribution in [1.82, 2.24) is 9.88 Å². The Morgan fingerprint density at radius 3 is 2.96 bits per heavy atom. The van der Waals surface area contributed by atoms with Crippen molar-refractivity contribution in [1.29, 1.82) is 0 Å². The van der Waals surface area contributed by atoms with Crippen LogP contribution in [0.4, 0.5) is 0 Å². The number of hydrogen-bond acceptors (Lipinski definition) is 5. The fraction of sp³-hybridized carbons (Fsp3) is 0.368. The van der Waals surface area contributed by atoms with Gasteiger partial charge in [-0.05, 0) is 23.8 Å². The standard InChI is InChI=1S/C19H20Cl2N2O4/c1-26-17-4-5-22-10-13(17)19(25)16-11-27-7-6-23(16)18(24)9-12-2-3-14(20)15(21)8-12/h2-5,8,10,16,19,25H,6-7,9,11H2,1H3. The van der Waals surface area contributed by atoms with E-state index in [0.29, 0.717) is 34.5 Å². The van der Waals surface area contributed by atoms with Gasteiger partial charge in [0, 0.05) is 24.5 Å². The Hall–Kier alpha value is -1.86. The molecule has 2 atom stereocenters. The molecule has 0 bridgehead atoms. The molecule has 2 heterocycles. The number of carbonyl (C=O) groups is 1. The number of ether oxygens (including phenoxy) is 2. The van der Waals surface area contributed by atoms with Gasteiger partial charge in [-0.3, -0.25) is 9.78 Å². The quantitative estimate of drug-likeness (QED) is 0.820. The molecule has 0 radical (unpaired) electrons. The van der Waals surface area contributed by atoms with E-state index in [-0.39, 0.29) is 18.9 Å². The second-order valence-electron chi connectivity index (χ2n) is 6.22. The van der Waals surface area contributed by atoms with E-state index in [1.165, 1.54) is 7.11 Å². The normalized spacial score (nSPS) is 18.2. The average molecular weight is 411 g/mol. The lowest BCUT2D eigenvalue weighted by Crippen LogP contribution is -2.52. The van der Waals surface area contributed by atoms with Crippen LogP contribution in [0, 0.1) is 0 Å². The molecule has 1 aromatic carbocycles. The Kier molecular flexibility index (Phi) is 6.55. The summed E-state index contributed by atoms with van der Waals surface area (Å²) in [6.45, 7) is 1.04. The van der Waals surface area contributed by atoms with Gasteiger partial charge in [-0.25, -0.2) is 0 Å². The van der Waals surface area contributed by atoms with Crippen LogP contribution in [0.2, 0.25) is 10.0 Å². The van der Waals surface area contributed by atoms with Crippen LogP contribution >= 0.6 is 23.2 Å². The second kappa shape index (κ2) is 8.89. The first-order valence-electron chi connectivity index (χ1n) is 8.48. The number of hydrogen-bond donors (Lipinski definition) is 1. The highest BCUT2D eigenvalue weighted by Crippen LogP contribution is 2.30. The molecule has 1 saturated heterocycles. The lowest BCUT2D eigenvalue weighted by atomic mass is 10.00. The zero-order valence-corrected chi connectivity index (χ0v) is 16.3. The van der Waals surface area contributed by atoms with Crippen molar-refractivity contribution in [2.45, 2.75) is 18.6 Å². The Morgan fingerprint density at radius 2 is 2.22 bits per heavy atom. The van der Waals surface area contributed by atoms with E-state index < -0.39 is 12.1 Å². The Balaban J connectivity index is 1.80. The molecule has 3 rings (SSSR count). The van der Waals surface area contributed by atoms with Crippen LogP contribution < -0.4 is 4.74 Å². The number of benzene rings is 1. The third-order valence-corrected chi connectivity index (χ3v) is 5.28. The molecule has 0 spiro atoms. The molecule has 27 heavy (non-hydrogen) atoms. The molecule has 2 aromatic rings. The SMILES string of the molecule is COc1ccncc1C(O)C1COCCN1C(=O)Cc1ccc(Cl)c(Cl)c1. The van der Waals surface area contributed by atoms with Crippen LogP contribution in [-0.4, -0.2) is 53.8 Å². The number of carbonyl (C=O) groups excluding carboxylic acids is 1. The zero-order chi connectivity index (χ0) is 19.4. The minimum Gasteiger partial charge on any atom is -0.496 e. The maximum Gasteiger partial charge on any atom is 0.227 e. The van der Waals surface area contributed by atoms with E-state index in [9.17, 15) is 9.90 Å². The number of halogens is 2. The number of nitrogens with zero attached hydrogens (tertiary/aromatic N) is 2. The zero-order valence-electron chi connectivity index (χ0n) is 14.8. The first kappa shape index (κ1) is 19.9. The first-order chi connectivity index (χ1) is 13.0. The molecule has 1 aromatic heterocycles. The average Bonchev–Trinajstić information content (AvgIpc) is 2.70. The maximum atomic E-state index is 12.9. The highest BCUT2D eigenvalue weighted by Gasteiger charge is 2.34. The number of aliphatic hydroxyl groups is 1. The lowest BCUT2D eigenvalue weighted by Gasteiger charge is -2.38. The summed E-state index contributed by atoms with van der Waals surface area (Å²) >= 11 is 12.0. The smallest absolute Gasteiger partial charge is 0.227 e. The van der Waals surface area contributed by atoms with Gasteiger partial charge >= 0.3 is 0 Å². The largest absolute Gasteiger partial charge is 0.496 e. The third-order valence-electron chi connectivity index (χ3n) is 4.54. The molecule has 0 saturated carbocycles. The van der Waals surface area contributed by atoms with E-state index >= 15 is 0 Å². The number of aromatic nitrogens is 1. The van der Waals surface area contributed by atoms with Gasteiger partial charge in [0.25, 0.3) is 0 Å². The number of amides is 1.